The summed E-state index contributed by atoms with van der Waals surface area (Å²) < 4.78 is 7.58. The number of nitrogens with zero attached hydrogens (tertiary/aromatic N) is 3. The van der Waals surface area contributed by atoms with E-state index in [1.807, 2.05) is 6.07 Å². The second-order valence-electron chi connectivity index (χ2n) is 5.10. The molecular weight excluding hydrogens is 312 g/mol. The van der Waals surface area contributed by atoms with Gasteiger partial charge in [0.15, 0.2) is 0 Å². The first-order valence-electron chi connectivity index (χ1n) is 7.17. The molecule has 0 saturated carbocycles. The number of nitrogens with two attached hydrogens (primary N) is 1. The summed E-state index contributed by atoms with van der Waals surface area (Å²) in [5, 5.41) is 8.82. The summed E-state index contributed by atoms with van der Waals surface area (Å²) in [4.78, 5) is 35.4. The molecule has 8 nitrogen and oxygen atoms in total. The largest absolute Gasteiger partial charge is 0.493 e. The second-order valence-corrected chi connectivity index (χ2v) is 5.10. The SMILES string of the molecule is Cn1cc(C(N)=O)c(=O)n(CCCOc2cccc(C#N)c2)c1=O. The minimum atomic E-state index is -0.881. The maximum atomic E-state index is 12.1. The van der Waals surface area contributed by atoms with Gasteiger partial charge in [0.2, 0.25) is 0 Å². The van der Waals surface area contributed by atoms with Crippen molar-refractivity contribution < 1.29 is 9.53 Å². The van der Waals surface area contributed by atoms with Crippen LogP contribution in [0.1, 0.15) is 22.3 Å². The molecule has 124 valence electrons. The molecule has 1 amide bonds. The molecule has 0 unspecified atom stereocenters. The monoisotopic (exact) mass is 328 g/mol. The van der Waals surface area contributed by atoms with Crippen molar-refractivity contribution in [2.45, 2.75) is 13.0 Å². The van der Waals surface area contributed by atoms with Gasteiger partial charge in [0.1, 0.15) is 11.3 Å². The first-order chi connectivity index (χ1) is 11.4. The molecule has 0 atom stereocenters. The molecule has 2 aromatic rings. The minimum absolute atomic E-state index is 0.0879. The van der Waals surface area contributed by atoms with E-state index >= 15 is 0 Å². The molecular formula is C16H16N4O4. The lowest BCUT2D eigenvalue weighted by molar-refractivity contribution is 0.0997. The topological polar surface area (TPSA) is 120 Å². The average molecular weight is 328 g/mol. The second kappa shape index (κ2) is 7.28. The Morgan fingerprint density at radius 2 is 2.12 bits per heavy atom. The quantitative estimate of drug-likeness (QED) is 0.748. The van der Waals surface area contributed by atoms with Crippen molar-refractivity contribution in [2.24, 2.45) is 12.8 Å². The fourth-order valence-corrected chi connectivity index (χ4v) is 2.16. The summed E-state index contributed by atoms with van der Waals surface area (Å²) in [5.74, 6) is -0.353. The van der Waals surface area contributed by atoms with Gasteiger partial charge < -0.3 is 15.0 Å². The zero-order valence-corrected chi connectivity index (χ0v) is 13.1. The first-order valence-corrected chi connectivity index (χ1v) is 7.17. The molecule has 0 aliphatic carbocycles. The number of amides is 1. The van der Waals surface area contributed by atoms with Crippen LogP contribution in [0.3, 0.4) is 0 Å². The van der Waals surface area contributed by atoms with Gasteiger partial charge in [-0.1, -0.05) is 6.07 Å². The third kappa shape index (κ3) is 3.70. The molecule has 0 saturated heterocycles. The van der Waals surface area contributed by atoms with E-state index < -0.39 is 17.2 Å². The van der Waals surface area contributed by atoms with Crippen LogP contribution in [0.25, 0.3) is 0 Å². The zero-order chi connectivity index (χ0) is 17.7. The van der Waals surface area contributed by atoms with Crippen LogP contribution in [0.4, 0.5) is 0 Å². The van der Waals surface area contributed by atoms with E-state index in [1.165, 1.54) is 7.05 Å². The van der Waals surface area contributed by atoms with E-state index in [-0.39, 0.29) is 18.7 Å². The Labute approximate surface area is 137 Å². The van der Waals surface area contributed by atoms with Crippen molar-refractivity contribution in [3.63, 3.8) is 0 Å². The summed E-state index contributed by atoms with van der Waals surface area (Å²) in [6, 6.07) is 8.67. The summed E-state index contributed by atoms with van der Waals surface area (Å²) >= 11 is 0. The third-order valence-electron chi connectivity index (χ3n) is 3.35. The van der Waals surface area contributed by atoms with E-state index in [1.54, 1.807) is 24.3 Å². The number of aromatic nitrogens is 2. The van der Waals surface area contributed by atoms with Gasteiger partial charge >= 0.3 is 5.69 Å². The van der Waals surface area contributed by atoms with Gasteiger partial charge in [-0.2, -0.15) is 5.26 Å². The molecule has 0 spiro atoms. The minimum Gasteiger partial charge on any atom is -0.493 e. The number of nitriles is 1. The van der Waals surface area contributed by atoms with E-state index in [2.05, 4.69) is 0 Å². The van der Waals surface area contributed by atoms with Crippen molar-refractivity contribution in [3.8, 4) is 11.8 Å². The van der Waals surface area contributed by atoms with Crippen molar-refractivity contribution >= 4 is 5.91 Å². The summed E-state index contributed by atoms with van der Waals surface area (Å²) in [6.45, 7) is 0.329. The van der Waals surface area contributed by atoms with Crippen LogP contribution in [0, 0.1) is 11.3 Å². The van der Waals surface area contributed by atoms with Gasteiger partial charge in [0.05, 0.1) is 18.2 Å². The Morgan fingerprint density at radius 3 is 2.79 bits per heavy atom. The van der Waals surface area contributed by atoms with Gasteiger partial charge in [-0.05, 0) is 24.6 Å². The standard InChI is InChI=1S/C16H16N4O4/c1-19-10-13(14(18)21)15(22)20(16(19)23)6-3-7-24-12-5-2-4-11(8-12)9-17/h2,4-5,8,10H,3,6-7H2,1H3,(H2,18,21). The number of primary amides is 1. The van der Waals surface area contributed by atoms with E-state index in [9.17, 15) is 14.4 Å². The van der Waals surface area contributed by atoms with Crippen LogP contribution in [0.2, 0.25) is 0 Å². The van der Waals surface area contributed by atoms with Crippen LogP contribution in [-0.4, -0.2) is 21.6 Å². The number of hydrogen-bond acceptors (Lipinski definition) is 5. The Hall–Kier alpha value is -3.34. The number of carbonyl (C=O) groups excluding carboxylic acids is 1. The lowest BCUT2D eigenvalue weighted by atomic mass is 10.2. The molecule has 24 heavy (non-hydrogen) atoms. The first kappa shape index (κ1) is 17.0. The van der Waals surface area contributed by atoms with Crippen LogP contribution < -0.4 is 21.7 Å². The highest BCUT2D eigenvalue weighted by Gasteiger charge is 2.13. The predicted molar refractivity (Wildman–Crippen MR) is 85.7 cm³/mol. The molecule has 0 fully saturated rings. The third-order valence-corrected chi connectivity index (χ3v) is 3.35. The van der Waals surface area contributed by atoms with Gasteiger partial charge in [-0.3, -0.25) is 14.2 Å². The fraction of sp³-hybridized carbons (Fsp3) is 0.250. The summed E-state index contributed by atoms with van der Waals surface area (Å²) in [6.07, 6.45) is 1.50. The number of carbonyl (C=O) groups is 1. The zero-order valence-electron chi connectivity index (χ0n) is 13.1. The summed E-state index contributed by atoms with van der Waals surface area (Å²) in [7, 11) is 1.44. The molecule has 0 aliphatic heterocycles. The van der Waals surface area contributed by atoms with Crippen LogP contribution in [-0.2, 0) is 13.6 Å². The molecule has 1 aromatic heterocycles. The smallest absolute Gasteiger partial charge is 0.330 e. The maximum absolute atomic E-state index is 12.1. The Bertz CT molecular complexity index is 921. The summed E-state index contributed by atoms with van der Waals surface area (Å²) in [5.41, 5.74) is 4.14. The van der Waals surface area contributed by atoms with Crippen LogP contribution >= 0.6 is 0 Å². The predicted octanol–water partition coefficient (Wildman–Crippen LogP) is -0.0133. The molecule has 0 radical (unpaired) electrons. The van der Waals surface area contributed by atoms with E-state index in [0.29, 0.717) is 17.7 Å². The highest BCUT2D eigenvalue weighted by Crippen LogP contribution is 2.12. The van der Waals surface area contributed by atoms with Crippen molar-refractivity contribution in [1.29, 1.82) is 5.26 Å². The molecule has 2 N–H and O–H groups in total. The van der Waals surface area contributed by atoms with Crippen molar-refractivity contribution in [3.05, 3.63) is 62.4 Å². The number of ether oxygens (including phenoxy) is 1. The van der Waals surface area contributed by atoms with Gasteiger partial charge in [0.25, 0.3) is 11.5 Å². The number of benzene rings is 1. The number of aryl methyl sites for hydroxylation is 1. The molecule has 1 heterocycles. The lowest BCUT2D eigenvalue weighted by Gasteiger charge is -2.10. The van der Waals surface area contributed by atoms with Crippen LogP contribution in [0.15, 0.2) is 40.1 Å². The number of hydrogen-bond donors (Lipinski definition) is 1. The lowest BCUT2D eigenvalue weighted by Crippen LogP contribution is -2.42. The number of rotatable bonds is 6. The Balaban J connectivity index is 2.07. The van der Waals surface area contributed by atoms with E-state index in [4.69, 9.17) is 15.7 Å². The normalized spacial score (nSPS) is 10.2. The van der Waals surface area contributed by atoms with Crippen molar-refractivity contribution in [2.75, 3.05) is 6.61 Å². The highest BCUT2D eigenvalue weighted by molar-refractivity contribution is 5.92. The molecule has 2 rings (SSSR count). The maximum Gasteiger partial charge on any atom is 0.330 e. The molecule has 0 bridgehead atoms. The van der Waals surface area contributed by atoms with E-state index in [0.717, 1.165) is 15.3 Å². The van der Waals surface area contributed by atoms with Gasteiger partial charge in [-0.25, -0.2) is 4.79 Å². The molecule has 1 aromatic carbocycles. The molecule has 0 aliphatic rings. The van der Waals surface area contributed by atoms with Gasteiger partial charge in [0, 0.05) is 19.8 Å². The van der Waals surface area contributed by atoms with Gasteiger partial charge in [-0.15, -0.1) is 0 Å². The Kier molecular flexibility index (Phi) is 5.16. The van der Waals surface area contributed by atoms with Crippen LogP contribution in [0.5, 0.6) is 5.75 Å². The average Bonchev–Trinajstić information content (AvgIpc) is 2.57. The Morgan fingerprint density at radius 1 is 1.38 bits per heavy atom. The highest BCUT2D eigenvalue weighted by atomic mass is 16.5. The molecule has 8 heteroatoms. The fourth-order valence-electron chi connectivity index (χ4n) is 2.16. The van der Waals surface area contributed by atoms with Crippen molar-refractivity contribution in [1.82, 2.24) is 9.13 Å².